The molecule has 1 saturated heterocycles. The van der Waals surface area contributed by atoms with Crippen molar-refractivity contribution in [3.8, 4) is 6.07 Å². The number of nitrogens with zero attached hydrogens (tertiary/aromatic N) is 5. The van der Waals surface area contributed by atoms with Gasteiger partial charge in [-0.25, -0.2) is 15.0 Å². The van der Waals surface area contributed by atoms with Crippen LogP contribution in [0.2, 0.25) is 0 Å². The molecule has 3 rings (SSSR count). The summed E-state index contributed by atoms with van der Waals surface area (Å²) in [5, 5.41) is 8.87. The molecule has 1 unspecified atom stereocenters. The van der Waals surface area contributed by atoms with E-state index in [1.807, 2.05) is 4.90 Å². The van der Waals surface area contributed by atoms with E-state index in [1.54, 1.807) is 6.33 Å². The molecule has 3 heterocycles. The number of nitriles is 1. The summed E-state index contributed by atoms with van der Waals surface area (Å²) < 4.78 is 5.30. The number of hydrogen-bond acceptors (Lipinski definition) is 6. The van der Waals surface area contributed by atoms with Crippen molar-refractivity contribution in [1.82, 2.24) is 19.9 Å². The van der Waals surface area contributed by atoms with Crippen LogP contribution in [0.3, 0.4) is 0 Å². The van der Waals surface area contributed by atoms with Crippen LogP contribution in [0.4, 0.5) is 5.82 Å². The first-order chi connectivity index (χ1) is 8.38. The zero-order chi connectivity index (χ0) is 11.7. The lowest BCUT2D eigenvalue weighted by molar-refractivity contribution is 0.0762. The first-order valence-electron chi connectivity index (χ1n) is 5.29. The molecular formula is C10H10N6O. The highest BCUT2D eigenvalue weighted by Crippen LogP contribution is 2.21. The second kappa shape index (κ2) is 3.99. The van der Waals surface area contributed by atoms with E-state index in [9.17, 15) is 0 Å². The molecule has 1 atom stereocenters. The van der Waals surface area contributed by atoms with Crippen molar-refractivity contribution in [3.05, 3.63) is 12.7 Å². The monoisotopic (exact) mass is 230 g/mol. The molecule has 1 N–H and O–H groups in total. The molecule has 17 heavy (non-hydrogen) atoms. The number of aromatic amines is 1. The summed E-state index contributed by atoms with van der Waals surface area (Å²) in [4.78, 5) is 17.4. The Labute approximate surface area is 97.1 Å². The molecule has 0 amide bonds. The Kier molecular flexibility index (Phi) is 2.34. The topological polar surface area (TPSA) is 90.7 Å². The number of anilines is 1. The molecule has 1 aliphatic heterocycles. The number of fused-ring (bicyclic) bond motifs is 1. The van der Waals surface area contributed by atoms with Gasteiger partial charge in [-0.05, 0) is 0 Å². The highest BCUT2D eigenvalue weighted by Gasteiger charge is 2.23. The van der Waals surface area contributed by atoms with Crippen LogP contribution in [-0.4, -0.2) is 45.7 Å². The lowest BCUT2D eigenvalue weighted by atomic mass is 10.3. The van der Waals surface area contributed by atoms with E-state index in [0.717, 1.165) is 11.3 Å². The fourth-order valence-electron chi connectivity index (χ4n) is 1.91. The van der Waals surface area contributed by atoms with E-state index in [1.165, 1.54) is 6.33 Å². The van der Waals surface area contributed by atoms with E-state index in [4.69, 9.17) is 10.00 Å². The molecule has 7 heteroatoms. The van der Waals surface area contributed by atoms with Gasteiger partial charge < -0.3 is 14.6 Å². The Bertz CT molecular complexity index is 573. The summed E-state index contributed by atoms with van der Waals surface area (Å²) in [7, 11) is 0. The molecule has 0 spiro atoms. The molecule has 2 aromatic heterocycles. The maximum atomic E-state index is 8.87. The van der Waals surface area contributed by atoms with Crippen molar-refractivity contribution < 1.29 is 4.74 Å². The molecule has 0 aromatic carbocycles. The minimum atomic E-state index is -0.406. The minimum absolute atomic E-state index is 0.406. The standard InChI is InChI=1S/C10H10N6O/c11-3-7-4-16(1-2-17-7)10-8-9(13-5-12-8)14-6-15-10/h5-7H,1-2,4H2,(H,12,13,14,15). The molecular weight excluding hydrogens is 220 g/mol. The third kappa shape index (κ3) is 1.68. The number of imidazole rings is 1. The van der Waals surface area contributed by atoms with Crippen molar-refractivity contribution in [2.75, 3.05) is 24.6 Å². The average molecular weight is 230 g/mol. The van der Waals surface area contributed by atoms with Crippen LogP contribution in [0.1, 0.15) is 0 Å². The highest BCUT2D eigenvalue weighted by atomic mass is 16.5. The van der Waals surface area contributed by atoms with Crippen molar-refractivity contribution >= 4 is 17.0 Å². The van der Waals surface area contributed by atoms with Gasteiger partial charge in [-0.1, -0.05) is 0 Å². The molecule has 0 bridgehead atoms. The van der Waals surface area contributed by atoms with Crippen LogP contribution >= 0.6 is 0 Å². The van der Waals surface area contributed by atoms with Crippen LogP contribution in [0.5, 0.6) is 0 Å². The summed E-state index contributed by atoms with van der Waals surface area (Å²) >= 11 is 0. The van der Waals surface area contributed by atoms with E-state index in [-0.39, 0.29) is 0 Å². The predicted molar refractivity (Wildman–Crippen MR) is 59.2 cm³/mol. The number of H-pyrrole nitrogens is 1. The Morgan fingerprint density at radius 2 is 2.41 bits per heavy atom. The van der Waals surface area contributed by atoms with Crippen LogP contribution in [-0.2, 0) is 4.74 Å². The van der Waals surface area contributed by atoms with Crippen LogP contribution in [0, 0.1) is 11.3 Å². The normalized spacial score (nSPS) is 20.4. The number of rotatable bonds is 1. The van der Waals surface area contributed by atoms with Gasteiger partial charge in [0.25, 0.3) is 0 Å². The van der Waals surface area contributed by atoms with E-state index < -0.39 is 6.10 Å². The smallest absolute Gasteiger partial charge is 0.182 e. The lowest BCUT2D eigenvalue weighted by Crippen LogP contribution is -2.42. The molecule has 1 aliphatic rings. The third-order valence-electron chi connectivity index (χ3n) is 2.71. The van der Waals surface area contributed by atoms with Gasteiger partial charge in [-0.3, -0.25) is 0 Å². The predicted octanol–water partition coefficient (Wildman–Crippen LogP) is 0.0817. The third-order valence-corrected chi connectivity index (χ3v) is 2.71. The van der Waals surface area contributed by atoms with Crippen LogP contribution in [0.15, 0.2) is 12.7 Å². The molecule has 1 fully saturated rings. The highest BCUT2D eigenvalue weighted by molar-refractivity contribution is 5.82. The van der Waals surface area contributed by atoms with Gasteiger partial charge in [-0.15, -0.1) is 0 Å². The SMILES string of the molecule is N#CC1CN(c2ncnc3nc[nH]c23)CCO1. The van der Waals surface area contributed by atoms with Crippen LogP contribution in [0.25, 0.3) is 11.2 Å². The minimum Gasteiger partial charge on any atom is -0.360 e. The Morgan fingerprint density at radius 3 is 3.29 bits per heavy atom. The van der Waals surface area contributed by atoms with Gasteiger partial charge in [0.2, 0.25) is 0 Å². The van der Waals surface area contributed by atoms with Crippen LogP contribution < -0.4 is 4.90 Å². The van der Waals surface area contributed by atoms with Gasteiger partial charge in [0, 0.05) is 6.54 Å². The van der Waals surface area contributed by atoms with E-state index >= 15 is 0 Å². The average Bonchev–Trinajstić information content (AvgIpc) is 2.87. The Morgan fingerprint density at radius 1 is 1.47 bits per heavy atom. The van der Waals surface area contributed by atoms with E-state index in [0.29, 0.717) is 25.3 Å². The zero-order valence-corrected chi connectivity index (χ0v) is 9.00. The van der Waals surface area contributed by atoms with Crippen molar-refractivity contribution in [2.24, 2.45) is 0 Å². The van der Waals surface area contributed by atoms with Gasteiger partial charge in [0.15, 0.2) is 17.6 Å². The maximum absolute atomic E-state index is 8.87. The second-order valence-corrected chi connectivity index (χ2v) is 3.73. The van der Waals surface area contributed by atoms with E-state index in [2.05, 4.69) is 26.0 Å². The Balaban J connectivity index is 1.98. The first kappa shape index (κ1) is 9.99. The zero-order valence-electron chi connectivity index (χ0n) is 9.00. The summed E-state index contributed by atoms with van der Waals surface area (Å²) in [6.45, 7) is 1.75. The van der Waals surface area contributed by atoms with Crippen molar-refractivity contribution in [3.63, 3.8) is 0 Å². The number of morpholine rings is 1. The summed E-state index contributed by atoms with van der Waals surface area (Å²) in [6, 6.07) is 2.11. The molecule has 2 aromatic rings. The number of nitrogens with one attached hydrogen (secondary N) is 1. The van der Waals surface area contributed by atoms with Gasteiger partial charge in [-0.2, -0.15) is 5.26 Å². The molecule has 0 aliphatic carbocycles. The molecule has 86 valence electrons. The fraction of sp³-hybridized carbons (Fsp3) is 0.400. The maximum Gasteiger partial charge on any atom is 0.182 e. The molecule has 0 saturated carbocycles. The van der Waals surface area contributed by atoms with Crippen molar-refractivity contribution in [1.29, 1.82) is 5.26 Å². The Hall–Kier alpha value is -2.20. The molecule has 7 nitrogen and oxygen atoms in total. The quantitative estimate of drug-likeness (QED) is 0.746. The fourth-order valence-corrected chi connectivity index (χ4v) is 1.91. The second-order valence-electron chi connectivity index (χ2n) is 3.73. The molecule has 0 radical (unpaired) electrons. The van der Waals surface area contributed by atoms with Gasteiger partial charge in [0.05, 0.1) is 25.5 Å². The number of ether oxygens (including phenoxy) is 1. The summed E-state index contributed by atoms with van der Waals surface area (Å²) in [6.07, 6.45) is 2.66. The summed E-state index contributed by atoms with van der Waals surface area (Å²) in [5.41, 5.74) is 1.43. The van der Waals surface area contributed by atoms with Gasteiger partial charge >= 0.3 is 0 Å². The van der Waals surface area contributed by atoms with Crippen molar-refractivity contribution in [2.45, 2.75) is 6.10 Å². The number of hydrogen-bond donors (Lipinski definition) is 1. The summed E-state index contributed by atoms with van der Waals surface area (Å²) in [5.74, 6) is 0.774. The van der Waals surface area contributed by atoms with Gasteiger partial charge in [0.1, 0.15) is 11.8 Å². The number of aromatic nitrogens is 4. The largest absolute Gasteiger partial charge is 0.360 e. The first-order valence-corrected chi connectivity index (χ1v) is 5.29. The lowest BCUT2D eigenvalue weighted by Gasteiger charge is -2.30.